The second kappa shape index (κ2) is 5.12. The molecule has 3 unspecified atom stereocenters. The molecule has 5 heteroatoms. The van der Waals surface area contributed by atoms with Gasteiger partial charge in [0.15, 0.2) is 0 Å². The smallest absolute Gasteiger partial charge is 0.252 e. The van der Waals surface area contributed by atoms with Crippen LogP contribution in [-0.4, -0.2) is 60.5 Å². The van der Waals surface area contributed by atoms with Crippen LogP contribution in [0.15, 0.2) is 0 Å². The lowest BCUT2D eigenvalue weighted by Crippen LogP contribution is -2.53. The van der Waals surface area contributed by atoms with E-state index < -0.39 is 0 Å². The van der Waals surface area contributed by atoms with Crippen molar-refractivity contribution in [3.63, 3.8) is 0 Å². The van der Waals surface area contributed by atoms with E-state index in [0.29, 0.717) is 19.8 Å². The highest BCUT2D eigenvalue weighted by Crippen LogP contribution is 2.22. The van der Waals surface area contributed by atoms with Crippen molar-refractivity contribution in [1.29, 1.82) is 0 Å². The monoisotopic (exact) mass is 229 g/mol. The van der Waals surface area contributed by atoms with Crippen molar-refractivity contribution >= 4 is 5.91 Å². The largest absolute Gasteiger partial charge is 0.394 e. The van der Waals surface area contributed by atoms with Crippen LogP contribution in [0.2, 0.25) is 0 Å². The Balaban J connectivity index is 1.96. The number of hydrogen-bond acceptors (Lipinski definition) is 4. The van der Waals surface area contributed by atoms with E-state index >= 15 is 0 Å². The third-order valence-electron chi connectivity index (χ3n) is 3.23. The molecule has 0 aromatic rings. The number of aliphatic hydroxyl groups is 1. The zero-order valence-electron chi connectivity index (χ0n) is 9.59. The molecule has 2 aliphatic rings. The zero-order chi connectivity index (χ0) is 11.5. The van der Waals surface area contributed by atoms with E-state index in [1.165, 1.54) is 0 Å². The maximum Gasteiger partial charge on any atom is 0.252 e. The topological polar surface area (TPSA) is 59.0 Å². The van der Waals surface area contributed by atoms with E-state index in [0.717, 1.165) is 12.8 Å². The average molecular weight is 229 g/mol. The van der Waals surface area contributed by atoms with Crippen molar-refractivity contribution in [1.82, 2.24) is 4.90 Å². The molecule has 0 spiro atoms. The maximum absolute atomic E-state index is 12.1. The van der Waals surface area contributed by atoms with Gasteiger partial charge in [-0.2, -0.15) is 0 Å². The molecule has 2 aliphatic heterocycles. The Kier molecular flexibility index (Phi) is 3.78. The van der Waals surface area contributed by atoms with Gasteiger partial charge in [0.1, 0.15) is 6.10 Å². The number of morpholine rings is 1. The first-order chi connectivity index (χ1) is 7.72. The number of hydrogen-bond donors (Lipinski definition) is 1. The zero-order valence-corrected chi connectivity index (χ0v) is 9.59. The van der Waals surface area contributed by atoms with Gasteiger partial charge in [-0.25, -0.2) is 0 Å². The fourth-order valence-corrected chi connectivity index (χ4v) is 2.27. The summed E-state index contributed by atoms with van der Waals surface area (Å²) in [7, 11) is 0. The van der Waals surface area contributed by atoms with Gasteiger partial charge in [0.25, 0.3) is 5.91 Å². The molecule has 3 atom stereocenters. The van der Waals surface area contributed by atoms with Gasteiger partial charge in [0.05, 0.1) is 32.0 Å². The van der Waals surface area contributed by atoms with Crippen molar-refractivity contribution in [2.45, 2.75) is 38.0 Å². The highest BCUT2D eigenvalue weighted by Gasteiger charge is 2.35. The minimum absolute atomic E-state index is 0.00620. The second-order valence-corrected chi connectivity index (χ2v) is 4.46. The van der Waals surface area contributed by atoms with E-state index in [1.807, 2.05) is 6.92 Å². The molecule has 0 saturated carbocycles. The summed E-state index contributed by atoms with van der Waals surface area (Å²) in [6, 6.07) is -0.208. The molecule has 0 aromatic carbocycles. The lowest BCUT2D eigenvalue weighted by Gasteiger charge is -2.35. The number of ether oxygens (including phenoxy) is 2. The summed E-state index contributed by atoms with van der Waals surface area (Å²) in [5.74, 6) is 0.00620. The van der Waals surface area contributed by atoms with Crippen LogP contribution < -0.4 is 0 Å². The Labute approximate surface area is 95.3 Å². The molecule has 0 aromatic heterocycles. The Morgan fingerprint density at radius 3 is 2.94 bits per heavy atom. The molecule has 0 bridgehead atoms. The molecule has 2 rings (SSSR count). The third kappa shape index (κ3) is 2.36. The molecular formula is C11H19NO4. The molecule has 1 amide bonds. The first-order valence-corrected chi connectivity index (χ1v) is 5.87. The van der Waals surface area contributed by atoms with Crippen LogP contribution in [0.5, 0.6) is 0 Å². The van der Waals surface area contributed by atoms with Gasteiger partial charge in [0, 0.05) is 6.54 Å². The van der Waals surface area contributed by atoms with Crippen LogP contribution in [-0.2, 0) is 14.3 Å². The summed E-state index contributed by atoms with van der Waals surface area (Å²) in [6.45, 7) is 3.46. The molecule has 1 N–H and O–H groups in total. The van der Waals surface area contributed by atoms with Gasteiger partial charge in [-0.3, -0.25) is 4.79 Å². The lowest BCUT2D eigenvalue weighted by atomic mass is 10.1. The number of amides is 1. The first-order valence-electron chi connectivity index (χ1n) is 5.87. The van der Waals surface area contributed by atoms with Gasteiger partial charge >= 0.3 is 0 Å². The molecule has 0 aliphatic carbocycles. The Morgan fingerprint density at radius 2 is 2.31 bits per heavy atom. The van der Waals surface area contributed by atoms with Crippen molar-refractivity contribution < 1.29 is 19.4 Å². The Bertz CT molecular complexity index is 258. The molecular weight excluding hydrogens is 210 g/mol. The van der Waals surface area contributed by atoms with Gasteiger partial charge in [0.2, 0.25) is 0 Å². The lowest BCUT2D eigenvalue weighted by molar-refractivity contribution is -0.152. The number of nitrogens with zero attached hydrogens (tertiary/aromatic N) is 1. The fourth-order valence-electron chi connectivity index (χ4n) is 2.27. The van der Waals surface area contributed by atoms with Gasteiger partial charge in [-0.1, -0.05) is 0 Å². The van der Waals surface area contributed by atoms with Gasteiger partial charge in [-0.05, 0) is 19.8 Å². The van der Waals surface area contributed by atoms with Crippen molar-refractivity contribution in [2.24, 2.45) is 0 Å². The molecule has 0 radical (unpaired) electrons. The van der Waals surface area contributed by atoms with Gasteiger partial charge < -0.3 is 19.5 Å². The Morgan fingerprint density at radius 1 is 1.50 bits per heavy atom. The summed E-state index contributed by atoms with van der Waals surface area (Å²) in [5, 5.41) is 9.19. The van der Waals surface area contributed by atoms with E-state index in [9.17, 15) is 9.90 Å². The van der Waals surface area contributed by atoms with E-state index in [1.54, 1.807) is 4.90 Å². The molecule has 2 saturated heterocycles. The van der Waals surface area contributed by atoms with Crippen LogP contribution in [0.4, 0.5) is 0 Å². The molecule has 5 nitrogen and oxygen atoms in total. The predicted molar refractivity (Wildman–Crippen MR) is 57.0 cm³/mol. The standard InChI is InChI=1S/C11H19NO4/c1-8-2-3-10(16-8)11(14)12-4-5-15-7-9(12)6-13/h8-10,13H,2-7H2,1H3. The number of carbonyl (C=O) groups excluding carboxylic acids is 1. The molecule has 2 fully saturated rings. The van der Waals surface area contributed by atoms with E-state index in [-0.39, 0.29) is 30.8 Å². The van der Waals surface area contributed by atoms with E-state index in [2.05, 4.69) is 0 Å². The quantitative estimate of drug-likeness (QED) is 0.711. The SMILES string of the molecule is CC1CCC(C(=O)N2CCOCC2CO)O1. The highest BCUT2D eigenvalue weighted by atomic mass is 16.5. The van der Waals surface area contributed by atoms with Crippen LogP contribution >= 0.6 is 0 Å². The van der Waals surface area contributed by atoms with Crippen molar-refractivity contribution in [3.05, 3.63) is 0 Å². The molecule has 92 valence electrons. The van der Waals surface area contributed by atoms with Crippen molar-refractivity contribution in [2.75, 3.05) is 26.4 Å². The van der Waals surface area contributed by atoms with Gasteiger partial charge in [-0.15, -0.1) is 0 Å². The second-order valence-electron chi connectivity index (χ2n) is 4.46. The third-order valence-corrected chi connectivity index (χ3v) is 3.23. The normalized spacial score (nSPS) is 35.4. The predicted octanol–water partition coefficient (Wildman–Crippen LogP) is -0.226. The first kappa shape index (κ1) is 11.8. The molecule has 16 heavy (non-hydrogen) atoms. The van der Waals surface area contributed by atoms with Crippen LogP contribution in [0.25, 0.3) is 0 Å². The maximum atomic E-state index is 12.1. The molecule has 2 heterocycles. The number of rotatable bonds is 2. The summed E-state index contributed by atoms with van der Waals surface area (Å²) in [6.07, 6.45) is 1.57. The highest BCUT2D eigenvalue weighted by molar-refractivity contribution is 5.81. The van der Waals surface area contributed by atoms with Crippen LogP contribution in [0.1, 0.15) is 19.8 Å². The minimum Gasteiger partial charge on any atom is -0.394 e. The number of aliphatic hydroxyl groups excluding tert-OH is 1. The van der Waals surface area contributed by atoms with Crippen molar-refractivity contribution in [3.8, 4) is 0 Å². The number of carbonyl (C=O) groups is 1. The summed E-state index contributed by atoms with van der Waals surface area (Å²) in [4.78, 5) is 13.9. The summed E-state index contributed by atoms with van der Waals surface area (Å²) >= 11 is 0. The minimum atomic E-state index is -0.317. The Hall–Kier alpha value is -0.650. The average Bonchev–Trinajstić information content (AvgIpc) is 2.75. The van der Waals surface area contributed by atoms with Crippen LogP contribution in [0.3, 0.4) is 0 Å². The summed E-state index contributed by atoms with van der Waals surface area (Å²) < 4.78 is 10.8. The van der Waals surface area contributed by atoms with Crippen LogP contribution in [0, 0.1) is 0 Å². The van der Waals surface area contributed by atoms with E-state index in [4.69, 9.17) is 9.47 Å². The fraction of sp³-hybridized carbons (Fsp3) is 0.909. The summed E-state index contributed by atoms with van der Waals surface area (Å²) in [5.41, 5.74) is 0.